The van der Waals surface area contributed by atoms with Gasteiger partial charge < -0.3 is 9.30 Å². The molecular weight excluding hydrogens is 506 g/mol. The van der Waals surface area contributed by atoms with E-state index in [1.54, 1.807) is 0 Å². The fourth-order valence-electron chi connectivity index (χ4n) is 6.94. The zero-order chi connectivity index (χ0) is 26.3. The van der Waals surface area contributed by atoms with Gasteiger partial charge in [-0.2, -0.15) is 0 Å². The second-order valence-electron chi connectivity index (χ2n) is 10.5. The molecule has 0 saturated heterocycles. The summed E-state index contributed by atoms with van der Waals surface area (Å²) in [4.78, 5) is 2.56. The molecule has 9 rings (SSSR count). The minimum absolute atomic E-state index is 0.503. The molecule has 40 heavy (non-hydrogen) atoms. The van der Waals surface area contributed by atoms with Crippen molar-refractivity contribution in [3.63, 3.8) is 0 Å². The number of benzene rings is 6. The van der Waals surface area contributed by atoms with Crippen LogP contribution < -0.4 is 4.74 Å². The fraction of sp³-hybridized carbons (Fsp3) is 0.0270. The molecule has 2 aliphatic rings. The fourth-order valence-corrected chi connectivity index (χ4v) is 8.12. The predicted octanol–water partition coefficient (Wildman–Crippen LogP) is 9.74. The normalized spacial score (nSPS) is 14.3. The maximum atomic E-state index is 6.54. The zero-order valence-corrected chi connectivity index (χ0v) is 22.4. The van der Waals surface area contributed by atoms with Crippen molar-refractivity contribution >= 4 is 33.6 Å². The molecule has 3 heteroatoms. The second-order valence-corrected chi connectivity index (χ2v) is 11.6. The van der Waals surface area contributed by atoms with Gasteiger partial charge in [0.15, 0.2) is 0 Å². The molecule has 0 aliphatic carbocycles. The van der Waals surface area contributed by atoms with Crippen molar-refractivity contribution in [1.82, 2.24) is 4.57 Å². The van der Waals surface area contributed by atoms with Crippen molar-refractivity contribution in [2.45, 2.75) is 15.2 Å². The Morgan fingerprint density at radius 3 is 1.68 bits per heavy atom. The molecular formula is C37H23NOS. The van der Waals surface area contributed by atoms with Crippen molar-refractivity contribution in [2.75, 3.05) is 0 Å². The van der Waals surface area contributed by atoms with E-state index in [0.717, 1.165) is 17.2 Å². The Labute approximate surface area is 236 Å². The highest BCUT2D eigenvalue weighted by molar-refractivity contribution is 7.99. The van der Waals surface area contributed by atoms with E-state index in [2.05, 4.69) is 144 Å². The van der Waals surface area contributed by atoms with Crippen molar-refractivity contribution in [3.05, 3.63) is 162 Å². The van der Waals surface area contributed by atoms with E-state index in [4.69, 9.17) is 4.74 Å². The quantitative estimate of drug-likeness (QED) is 0.210. The summed E-state index contributed by atoms with van der Waals surface area (Å²) in [6, 6.07) is 50.5. The lowest BCUT2D eigenvalue weighted by Gasteiger charge is -2.45. The molecule has 2 nitrogen and oxygen atoms in total. The van der Waals surface area contributed by atoms with Crippen LogP contribution in [0.3, 0.4) is 0 Å². The van der Waals surface area contributed by atoms with E-state index in [-0.39, 0.29) is 0 Å². The number of ether oxygens (including phenoxy) is 1. The third-order valence-corrected chi connectivity index (χ3v) is 9.67. The summed E-state index contributed by atoms with van der Waals surface area (Å²) < 4.78 is 8.96. The highest BCUT2D eigenvalue weighted by atomic mass is 32.2. The zero-order valence-electron chi connectivity index (χ0n) is 21.5. The van der Waals surface area contributed by atoms with E-state index in [9.17, 15) is 0 Å². The number of hydrogen-bond donors (Lipinski definition) is 0. The lowest BCUT2D eigenvalue weighted by Crippen LogP contribution is -2.36. The molecule has 2 aliphatic heterocycles. The Hall–Kier alpha value is -4.73. The Kier molecular flexibility index (Phi) is 4.50. The molecule has 0 unspecified atom stereocenters. The number of nitrogens with zero attached hydrogens (tertiary/aromatic N) is 1. The molecule has 0 radical (unpaired) electrons. The first-order valence-corrected chi connectivity index (χ1v) is 14.4. The SMILES string of the molecule is c1ccc2c(c1)Oc1ccccc1C21c2ccccc2Sc2ccc(-n3c4ccccc4c4ccccc43)cc21. The molecule has 1 spiro atoms. The van der Waals surface area contributed by atoms with Crippen LogP contribution in [0.25, 0.3) is 27.5 Å². The van der Waals surface area contributed by atoms with Gasteiger partial charge in [0.2, 0.25) is 0 Å². The van der Waals surface area contributed by atoms with Crippen molar-refractivity contribution in [3.8, 4) is 17.2 Å². The smallest absolute Gasteiger partial charge is 0.132 e. The highest BCUT2D eigenvalue weighted by Gasteiger charge is 2.49. The van der Waals surface area contributed by atoms with Gasteiger partial charge in [0.1, 0.15) is 11.5 Å². The first-order valence-electron chi connectivity index (χ1n) is 13.6. The number of hydrogen-bond acceptors (Lipinski definition) is 2. The Morgan fingerprint density at radius 2 is 1.00 bits per heavy atom. The average Bonchev–Trinajstić information content (AvgIpc) is 3.35. The van der Waals surface area contributed by atoms with Crippen LogP contribution in [0.5, 0.6) is 11.5 Å². The molecule has 0 fully saturated rings. The molecule has 0 atom stereocenters. The summed E-state index contributed by atoms with van der Waals surface area (Å²) in [6.45, 7) is 0. The predicted molar refractivity (Wildman–Crippen MR) is 163 cm³/mol. The highest BCUT2D eigenvalue weighted by Crippen LogP contribution is 2.61. The number of fused-ring (bicyclic) bond motifs is 11. The Bertz CT molecular complexity index is 1980. The van der Waals surface area contributed by atoms with E-state index in [1.165, 1.54) is 53.9 Å². The third kappa shape index (κ3) is 2.80. The lowest BCUT2D eigenvalue weighted by atomic mass is 9.63. The van der Waals surface area contributed by atoms with Crippen molar-refractivity contribution in [1.29, 1.82) is 0 Å². The third-order valence-electron chi connectivity index (χ3n) is 8.52. The summed E-state index contributed by atoms with van der Waals surface area (Å²) in [5, 5.41) is 2.54. The standard InChI is InChI=1S/C37H23NOS/c1-6-16-31-25(11-1)26-12-2-7-17-32(26)38(31)24-21-22-36-30(23-24)37(29-15-5-10-20-35(29)40-36)27-13-3-8-18-33(27)39-34-19-9-4-14-28(34)37/h1-23H. The summed E-state index contributed by atoms with van der Waals surface area (Å²) in [6.07, 6.45) is 0. The molecule has 0 N–H and O–H groups in total. The monoisotopic (exact) mass is 529 g/mol. The molecule has 7 aromatic rings. The largest absolute Gasteiger partial charge is 0.457 e. The topological polar surface area (TPSA) is 14.2 Å². The van der Waals surface area contributed by atoms with Crippen molar-refractivity contribution in [2.24, 2.45) is 0 Å². The number of para-hydroxylation sites is 4. The van der Waals surface area contributed by atoms with Crippen LogP contribution in [0.1, 0.15) is 22.3 Å². The van der Waals surface area contributed by atoms with E-state index < -0.39 is 5.41 Å². The molecule has 6 aromatic carbocycles. The second kappa shape index (κ2) is 8.14. The van der Waals surface area contributed by atoms with Gasteiger partial charge in [0.05, 0.1) is 16.4 Å². The lowest BCUT2D eigenvalue weighted by molar-refractivity contribution is 0.431. The maximum absolute atomic E-state index is 6.54. The molecule has 3 heterocycles. The minimum atomic E-state index is -0.503. The van der Waals surface area contributed by atoms with Crippen LogP contribution >= 0.6 is 11.8 Å². The summed E-state index contributed by atoms with van der Waals surface area (Å²) in [7, 11) is 0. The Balaban J connectivity index is 1.43. The van der Waals surface area contributed by atoms with Gasteiger partial charge in [-0.1, -0.05) is 103 Å². The van der Waals surface area contributed by atoms with Crippen LogP contribution in [-0.4, -0.2) is 4.57 Å². The van der Waals surface area contributed by atoms with Gasteiger partial charge in [0.25, 0.3) is 0 Å². The van der Waals surface area contributed by atoms with Crippen LogP contribution in [0, 0.1) is 0 Å². The molecule has 1 aromatic heterocycles. The van der Waals surface area contributed by atoms with Gasteiger partial charge in [-0.05, 0) is 59.7 Å². The van der Waals surface area contributed by atoms with Crippen LogP contribution in [0.4, 0.5) is 0 Å². The van der Waals surface area contributed by atoms with Crippen LogP contribution in [-0.2, 0) is 5.41 Å². The minimum Gasteiger partial charge on any atom is -0.457 e. The number of aromatic nitrogens is 1. The summed E-state index contributed by atoms with van der Waals surface area (Å²) >= 11 is 1.86. The first-order chi connectivity index (χ1) is 19.8. The van der Waals surface area contributed by atoms with E-state index >= 15 is 0 Å². The first kappa shape index (κ1) is 22.1. The van der Waals surface area contributed by atoms with Gasteiger partial charge in [-0.15, -0.1) is 0 Å². The van der Waals surface area contributed by atoms with Crippen LogP contribution in [0.15, 0.2) is 149 Å². The van der Waals surface area contributed by atoms with Gasteiger partial charge in [-0.25, -0.2) is 0 Å². The van der Waals surface area contributed by atoms with Gasteiger partial charge in [-0.3, -0.25) is 0 Å². The van der Waals surface area contributed by atoms with E-state index in [0.29, 0.717) is 0 Å². The van der Waals surface area contributed by atoms with Crippen LogP contribution in [0.2, 0.25) is 0 Å². The van der Waals surface area contributed by atoms with E-state index in [1.807, 2.05) is 11.8 Å². The molecule has 0 saturated carbocycles. The van der Waals surface area contributed by atoms with Crippen molar-refractivity contribution < 1.29 is 4.74 Å². The summed E-state index contributed by atoms with van der Waals surface area (Å²) in [5.41, 5.74) is 8.05. The van der Waals surface area contributed by atoms with Gasteiger partial charge >= 0.3 is 0 Å². The summed E-state index contributed by atoms with van der Waals surface area (Å²) in [5.74, 6) is 1.83. The maximum Gasteiger partial charge on any atom is 0.132 e. The molecule has 0 amide bonds. The average molecular weight is 530 g/mol. The molecule has 188 valence electrons. The molecule has 0 bridgehead atoms. The number of rotatable bonds is 1. The Morgan fingerprint density at radius 1 is 0.475 bits per heavy atom. The van der Waals surface area contributed by atoms with Gasteiger partial charge in [0, 0.05) is 37.4 Å².